The van der Waals surface area contributed by atoms with Gasteiger partial charge in [-0.3, -0.25) is 4.90 Å². The molecule has 4 nitrogen and oxygen atoms in total. The van der Waals surface area contributed by atoms with E-state index >= 15 is 0 Å². The van der Waals surface area contributed by atoms with E-state index in [1.165, 1.54) is 13.2 Å². The highest BCUT2D eigenvalue weighted by atomic mass is 19.1. The lowest BCUT2D eigenvalue weighted by atomic mass is 10.2. The molecular weight excluding hydrogens is 249 g/mol. The van der Waals surface area contributed by atoms with E-state index < -0.39 is 0 Å². The van der Waals surface area contributed by atoms with Gasteiger partial charge in [0.15, 0.2) is 11.6 Å². The maximum Gasteiger partial charge on any atom is 0.165 e. The molecule has 1 atom stereocenters. The van der Waals surface area contributed by atoms with E-state index in [0.29, 0.717) is 26.4 Å². The lowest BCUT2D eigenvalue weighted by Gasteiger charge is -2.27. The predicted molar refractivity (Wildman–Crippen MR) is 69.8 cm³/mol. The van der Waals surface area contributed by atoms with Crippen molar-refractivity contribution in [1.29, 1.82) is 0 Å². The van der Waals surface area contributed by atoms with Crippen LogP contribution in [0.3, 0.4) is 0 Å². The fraction of sp³-hybridized carbons (Fsp3) is 0.571. The normalized spacial score (nSPS) is 19.7. The summed E-state index contributed by atoms with van der Waals surface area (Å²) < 4.78 is 29.4. The van der Waals surface area contributed by atoms with Crippen molar-refractivity contribution in [2.24, 2.45) is 0 Å². The lowest BCUT2D eigenvalue weighted by molar-refractivity contribution is -0.0962. The molecule has 1 aromatic rings. The van der Waals surface area contributed by atoms with E-state index in [2.05, 4.69) is 4.90 Å². The van der Waals surface area contributed by atoms with Crippen molar-refractivity contribution < 1.29 is 18.6 Å². The molecule has 1 aliphatic heterocycles. The highest BCUT2D eigenvalue weighted by Gasteiger charge is 2.16. The Balaban J connectivity index is 1.87. The van der Waals surface area contributed by atoms with Crippen LogP contribution in [-0.2, 0) is 16.0 Å². The molecule has 0 N–H and O–H groups in total. The number of nitrogens with zero attached hydrogens (tertiary/aromatic N) is 1. The van der Waals surface area contributed by atoms with Gasteiger partial charge in [0.05, 0.1) is 33.0 Å². The summed E-state index contributed by atoms with van der Waals surface area (Å²) in [6, 6.07) is 5.03. The van der Waals surface area contributed by atoms with Crippen LogP contribution in [0, 0.1) is 5.82 Å². The zero-order chi connectivity index (χ0) is 13.7. The molecule has 0 spiro atoms. The van der Waals surface area contributed by atoms with Crippen LogP contribution >= 0.6 is 0 Å². The van der Waals surface area contributed by atoms with Gasteiger partial charge in [-0.1, -0.05) is 6.07 Å². The van der Waals surface area contributed by atoms with Gasteiger partial charge in [0.2, 0.25) is 0 Å². The number of hydrogen-bond acceptors (Lipinski definition) is 4. The molecule has 0 unspecified atom stereocenters. The second-order valence-corrected chi connectivity index (χ2v) is 4.73. The Hall–Kier alpha value is -1.17. The zero-order valence-corrected chi connectivity index (χ0v) is 11.4. The first-order valence-electron chi connectivity index (χ1n) is 6.39. The Morgan fingerprint density at radius 3 is 2.89 bits per heavy atom. The monoisotopic (exact) mass is 269 g/mol. The molecule has 5 heteroatoms. The molecule has 1 fully saturated rings. The summed E-state index contributed by atoms with van der Waals surface area (Å²) in [6.45, 7) is 3.38. The fourth-order valence-corrected chi connectivity index (χ4v) is 2.17. The first-order chi connectivity index (χ1) is 9.19. The van der Waals surface area contributed by atoms with Crippen molar-refractivity contribution in [1.82, 2.24) is 4.90 Å². The van der Waals surface area contributed by atoms with E-state index in [4.69, 9.17) is 14.2 Å². The number of ether oxygens (including phenoxy) is 3. The fourth-order valence-electron chi connectivity index (χ4n) is 2.17. The van der Waals surface area contributed by atoms with Gasteiger partial charge in [-0.15, -0.1) is 0 Å². The molecule has 1 saturated heterocycles. The summed E-state index contributed by atoms with van der Waals surface area (Å²) in [6.07, 6.45) is 0.0989. The first-order valence-corrected chi connectivity index (χ1v) is 6.39. The summed E-state index contributed by atoms with van der Waals surface area (Å²) in [7, 11) is 3.45. The average molecular weight is 269 g/mol. The van der Waals surface area contributed by atoms with Crippen molar-refractivity contribution in [2.75, 3.05) is 40.5 Å². The molecule has 1 heterocycles. The summed E-state index contributed by atoms with van der Waals surface area (Å²) in [4.78, 5) is 2.10. The number of likely N-dealkylation sites (N-methyl/N-ethyl adjacent to an activating group) is 1. The van der Waals surface area contributed by atoms with Crippen LogP contribution < -0.4 is 4.74 Å². The molecule has 1 aromatic carbocycles. The van der Waals surface area contributed by atoms with Crippen LogP contribution in [0.4, 0.5) is 4.39 Å². The van der Waals surface area contributed by atoms with Gasteiger partial charge < -0.3 is 14.2 Å². The summed E-state index contributed by atoms with van der Waals surface area (Å²) in [5.74, 6) is -0.0546. The van der Waals surface area contributed by atoms with Crippen LogP contribution in [-0.4, -0.2) is 51.5 Å². The van der Waals surface area contributed by atoms with Crippen molar-refractivity contribution in [3.05, 3.63) is 29.6 Å². The molecule has 2 rings (SSSR count). The highest BCUT2D eigenvalue weighted by molar-refractivity contribution is 5.29. The predicted octanol–water partition coefficient (Wildman–Crippen LogP) is 1.68. The minimum atomic E-state index is -0.328. The second kappa shape index (κ2) is 6.84. The SMILES string of the molecule is COc1ccc(CN(C)C[C@@H]2COCCO2)cc1F. The Morgan fingerprint density at radius 2 is 2.26 bits per heavy atom. The third-order valence-corrected chi connectivity index (χ3v) is 3.07. The Morgan fingerprint density at radius 1 is 1.42 bits per heavy atom. The smallest absolute Gasteiger partial charge is 0.165 e. The molecular formula is C14H20FNO3. The second-order valence-electron chi connectivity index (χ2n) is 4.73. The van der Waals surface area contributed by atoms with E-state index in [1.54, 1.807) is 6.07 Å². The first kappa shape index (κ1) is 14.2. The number of methoxy groups -OCH3 is 1. The molecule has 0 bridgehead atoms. The van der Waals surface area contributed by atoms with E-state index in [0.717, 1.165) is 12.1 Å². The third kappa shape index (κ3) is 4.16. The molecule has 0 aliphatic carbocycles. The molecule has 0 radical (unpaired) electrons. The zero-order valence-electron chi connectivity index (χ0n) is 11.4. The number of benzene rings is 1. The van der Waals surface area contributed by atoms with Gasteiger partial charge in [0, 0.05) is 13.1 Å². The number of hydrogen-bond donors (Lipinski definition) is 0. The van der Waals surface area contributed by atoms with Crippen LogP contribution in [0.25, 0.3) is 0 Å². The minimum Gasteiger partial charge on any atom is -0.494 e. The molecule has 106 valence electrons. The summed E-state index contributed by atoms with van der Waals surface area (Å²) in [5, 5.41) is 0. The van der Waals surface area contributed by atoms with Gasteiger partial charge >= 0.3 is 0 Å². The van der Waals surface area contributed by atoms with E-state index in [9.17, 15) is 4.39 Å². The van der Waals surface area contributed by atoms with Gasteiger partial charge in [-0.2, -0.15) is 0 Å². The van der Waals surface area contributed by atoms with Crippen LogP contribution in [0.15, 0.2) is 18.2 Å². The topological polar surface area (TPSA) is 30.9 Å². The largest absolute Gasteiger partial charge is 0.494 e. The molecule has 19 heavy (non-hydrogen) atoms. The summed E-state index contributed by atoms with van der Waals surface area (Å²) >= 11 is 0. The van der Waals surface area contributed by atoms with Crippen LogP contribution in [0.5, 0.6) is 5.75 Å². The summed E-state index contributed by atoms with van der Waals surface area (Å²) in [5.41, 5.74) is 0.914. The molecule has 0 saturated carbocycles. The highest BCUT2D eigenvalue weighted by Crippen LogP contribution is 2.18. The van der Waals surface area contributed by atoms with E-state index in [-0.39, 0.29) is 17.7 Å². The molecule has 0 aromatic heterocycles. The van der Waals surface area contributed by atoms with Crippen LogP contribution in [0.1, 0.15) is 5.56 Å². The average Bonchev–Trinajstić information content (AvgIpc) is 2.40. The Kier molecular flexibility index (Phi) is 5.13. The quantitative estimate of drug-likeness (QED) is 0.814. The Bertz CT molecular complexity index is 408. The van der Waals surface area contributed by atoms with E-state index in [1.807, 2.05) is 13.1 Å². The minimum absolute atomic E-state index is 0.0989. The van der Waals surface area contributed by atoms with Gasteiger partial charge in [-0.05, 0) is 24.7 Å². The van der Waals surface area contributed by atoms with Crippen LogP contribution in [0.2, 0.25) is 0 Å². The van der Waals surface area contributed by atoms with Crippen molar-refractivity contribution in [3.63, 3.8) is 0 Å². The van der Waals surface area contributed by atoms with Crippen molar-refractivity contribution in [2.45, 2.75) is 12.6 Å². The maximum atomic E-state index is 13.6. The van der Waals surface area contributed by atoms with Crippen molar-refractivity contribution >= 4 is 0 Å². The maximum absolute atomic E-state index is 13.6. The number of rotatable bonds is 5. The lowest BCUT2D eigenvalue weighted by Crippen LogP contribution is -2.38. The molecule has 0 amide bonds. The van der Waals surface area contributed by atoms with Crippen molar-refractivity contribution in [3.8, 4) is 5.75 Å². The standard InChI is InChI=1S/C14H20FNO3/c1-16(9-12-10-18-5-6-19-12)8-11-3-4-14(17-2)13(15)7-11/h3-4,7,12H,5-6,8-10H2,1-2H3/t12-/m1/s1. The van der Waals surface area contributed by atoms with Gasteiger partial charge in [0.1, 0.15) is 0 Å². The molecule has 1 aliphatic rings. The number of halogens is 1. The third-order valence-electron chi connectivity index (χ3n) is 3.07. The van der Waals surface area contributed by atoms with Gasteiger partial charge in [-0.25, -0.2) is 4.39 Å². The van der Waals surface area contributed by atoms with Gasteiger partial charge in [0.25, 0.3) is 0 Å². The Labute approximate surface area is 113 Å².